The van der Waals surface area contributed by atoms with Crippen LogP contribution in [-0.2, 0) is 4.79 Å². The highest BCUT2D eigenvalue weighted by molar-refractivity contribution is 5.82. The average Bonchev–Trinajstić information content (AvgIpc) is 2.73. The molecular formula is C25H33N3O. The Hall–Kier alpha value is -2.36. The van der Waals surface area contributed by atoms with Crippen molar-refractivity contribution in [1.82, 2.24) is 9.88 Å². The summed E-state index contributed by atoms with van der Waals surface area (Å²) in [7, 11) is 0. The van der Waals surface area contributed by atoms with Gasteiger partial charge in [0.15, 0.2) is 0 Å². The Balaban J connectivity index is 1.30. The highest BCUT2D eigenvalue weighted by atomic mass is 16.2. The fourth-order valence-corrected chi connectivity index (χ4v) is 4.47. The summed E-state index contributed by atoms with van der Waals surface area (Å²) in [5, 5.41) is 0. The zero-order valence-electron chi connectivity index (χ0n) is 18.0. The zero-order valence-corrected chi connectivity index (χ0v) is 18.0. The van der Waals surface area contributed by atoms with Gasteiger partial charge in [0, 0.05) is 55.6 Å². The van der Waals surface area contributed by atoms with Crippen LogP contribution in [0.2, 0.25) is 0 Å². The summed E-state index contributed by atoms with van der Waals surface area (Å²) >= 11 is 0. The number of hydrogen-bond donors (Lipinski definition) is 0. The van der Waals surface area contributed by atoms with Crippen LogP contribution in [0.3, 0.4) is 0 Å². The maximum absolute atomic E-state index is 12.7. The molecule has 0 bridgehead atoms. The van der Waals surface area contributed by atoms with Gasteiger partial charge in [0.1, 0.15) is 0 Å². The van der Waals surface area contributed by atoms with Crippen molar-refractivity contribution in [1.29, 1.82) is 0 Å². The standard InChI is InChI=1S/C25H33N3O/c1-4-25(2,3)24(29)27-14-11-20(12-15-27)19-7-9-23(10-8-19)28-17-22(18-28)21-6-5-13-26-16-21/h5-10,13,16,20,22H,4,11-12,14-15,17-18H2,1-3H3. The minimum atomic E-state index is -0.237. The topological polar surface area (TPSA) is 36.4 Å². The van der Waals surface area contributed by atoms with E-state index in [-0.39, 0.29) is 5.41 Å². The number of carbonyl (C=O) groups excluding carboxylic acids is 1. The van der Waals surface area contributed by atoms with Crippen molar-refractivity contribution in [2.24, 2.45) is 5.41 Å². The number of amides is 1. The third kappa shape index (κ3) is 4.17. The molecule has 0 atom stereocenters. The highest BCUT2D eigenvalue weighted by Gasteiger charge is 2.33. The van der Waals surface area contributed by atoms with Crippen LogP contribution in [0.5, 0.6) is 0 Å². The molecule has 29 heavy (non-hydrogen) atoms. The average molecular weight is 392 g/mol. The van der Waals surface area contributed by atoms with Gasteiger partial charge < -0.3 is 9.80 Å². The van der Waals surface area contributed by atoms with E-state index in [0.29, 0.717) is 17.7 Å². The molecule has 4 heteroatoms. The second-order valence-electron chi connectivity index (χ2n) is 9.28. The molecule has 4 rings (SSSR count). The number of piperidine rings is 1. The van der Waals surface area contributed by atoms with Crippen molar-refractivity contribution < 1.29 is 4.79 Å². The van der Waals surface area contributed by atoms with Crippen LogP contribution in [0.4, 0.5) is 5.69 Å². The van der Waals surface area contributed by atoms with E-state index in [1.165, 1.54) is 16.8 Å². The third-order valence-corrected chi connectivity index (χ3v) is 7.01. The second-order valence-corrected chi connectivity index (χ2v) is 9.28. The Morgan fingerprint density at radius 3 is 2.31 bits per heavy atom. The summed E-state index contributed by atoms with van der Waals surface area (Å²) in [5.41, 5.74) is 3.83. The predicted octanol–water partition coefficient (Wildman–Crippen LogP) is 4.83. The van der Waals surface area contributed by atoms with Gasteiger partial charge in [-0.05, 0) is 54.5 Å². The highest BCUT2D eigenvalue weighted by Crippen LogP contribution is 2.34. The van der Waals surface area contributed by atoms with Gasteiger partial charge in [-0.15, -0.1) is 0 Å². The molecule has 4 nitrogen and oxygen atoms in total. The number of aromatic nitrogens is 1. The molecule has 0 unspecified atom stereocenters. The lowest BCUT2D eigenvalue weighted by atomic mass is 9.85. The molecule has 0 N–H and O–H groups in total. The molecule has 2 aliphatic heterocycles. The number of carbonyl (C=O) groups is 1. The van der Waals surface area contributed by atoms with Gasteiger partial charge in [-0.1, -0.05) is 39.0 Å². The van der Waals surface area contributed by atoms with Gasteiger partial charge in [0.2, 0.25) is 5.91 Å². The molecule has 1 aromatic heterocycles. The number of anilines is 1. The van der Waals surface area contributed by atoms with Gasteiger partial charge in [-0.2, -0.15) is 0 Å². The first-order valence-corrected chi connectivity index (χ1v) is 11.0. The molecule has 2 aromatic rings. The van der Waals surface area contributed by atoms with Gasteiger partial charge in [0.05, 0.1) is 0 Å². The molecule has 0 radical (unpaired) electrons. The van der Waals surface area contributed by atoms with Crippen LogP contribution in [0, 0.1) is 5.41 Å². The minimum absolute atomic E-state index is 0.237. The number of likely N-dealkylation sites (tertiary alicyclic amines) is 1. The van der Waals surface area contributed by atoms with Crippen LogP contribution in [0.1, 0.15) is 63.0 Å². The van der Waals surface area contributed by atoms with E-state index in [0.717, 1.165) is 45.4 Å². The third-order valence-electron chi connectivity index (χ3n) is 7.01. The zero-order chi connectivity index (χ0) is 20.4. The summed E-state index contributed by atoms with van der Waals surface area (Å²) in [4.78, 5) is 21.5. The van der Waals surface area contributed by atoms with E-state index in [1.807, 2.05) is 18.5 Å². The first-order valence-electron chi connectivity index (χ1n) is 11.0. The van der Waals surface area contributed by atoms with Crippen LogP contribution in [-0.4, -0.2) is 42.0 Å². The normalized spacial score (nSPS) is 18.6. The molecule has 2 saturated heterocycles. The van der Waals surface area contributed by atoms with Crippen molar-refractivity contribution in [3.8, 4) is 0 Å². The Kier molecular flexibility index (Phi) is 5.62. The summed E-state index contributed by atoms with van der Waals surface area (Å²) in [6, 6.07) is 13.3. The maximum Gasteiger partial charge on any atom is 0.228 e. The molecule has 2 aliphatic rings. The van der Waals surface area contributed by atoms with Crippen molar-refractivity contribution in [3.63, 3.8) is 0 Å². The predicted molar refractivity (Wildman–Crippen MR) is 118 cm³/mol. The SMILES string of the molecule is CCC(C)(C)C(=O)N1CCC(c2ccc(N3CC(c4cccnc4)C3)cc2)CC1. The van der Waals surface area contributed by atoms with E-state index in [9.17, 15) is 4.79 Å². The number of hydrogen-bond acceptors (Lipinski definition) is 3. The first kappa shape index (κ1) is 19.9. The fourth-order valence-electron chi connectivity index (χ4n) is 4.47. The van der Waals surface area contributed by atoms with Crippen LogP contribution in [0.15, 0.2) is 48.8 Å². The first-order chi connectivity index (χ1) is 14.0. The van der Waals surface area contributed by atoms with Gasteiger partial charge in [-0.25, -0.2) is 0 Å². The number of rotatable bonds is 5. The Morgan fingerprint density at radius 1 is 1.03 bits per heavy atom. The van der Waals surface area contributed by atoms with Crippen molar-refractivity contribution >= 4 is 11.6 Å². The smallest absolute Gasteiger partial charge is 0.228 e. The molecule has 1 aromatic carbocycles. The maximum atomic E-state index is 12.7. The molecule has 0 spiro atoms. The summed E-state index contributed by atoms with van der Waals surface area (Å²) in [6.45, 7) is 10.1. The molecule has 3 heterocycles. The lowest BCUT2D eigenvalue weighted by Gasteiger charge is -2.41. The Bertz CT molecular complexity index is 817. The lowest BCUT2D eigenvalue weighted by molar-refractivity contribution is -0.141. The van der Waals surface area contributed by atoms with E-state index >= 15 is 0 Å². The van der Waals surface area contributed by atoms with Crippen molar-refractivity contribution in [2.75, 3.05) is 31.1 Å². The Morgan fingerprint density at radius 2 is 1.72 bits per heavy atom. The molecule has 0 aliphatic carbocycles. The Labute approximate surface area is 174 Å². The molecule has 0 saturated carbocycles. The largest absolute Gasteiger partial charge is 0.370 e. The van der Waals surface area contributed by atoms with E-state index in [1.54, 1.807) is 0 Å². The molecule has 1 amide bonds. The van der Waals surface area contributed by atoms with Crippen LogP contribution < -0.4 is 4.90 Å². The fraction of sp³-hybridized carbons (Fsp3) is 0.520. The molecular weight excluding hydrogens is 358 g/mol. The van der Waals surface area contributed by atoms with Gasteiger partial charge in [-0.3, -0.25) is 9.78 Å². The van der Waals surface area contributed by atoms with E-state index in [4.69, 9.17) is 0 Å². The van der Waals surface area contributed by atoms with Gasteiger partial charge in [0.25, 0.3) is 0 Å². The van der Waals surface area contributed by atoms with Gasteiger partial charge >= 0.3 is 0 Å². The molecule has 2 fully saturated rings. The van der Waals surface area contributed by atoms with E-state index < -0.39 is 0 Å². The van der Waals surface area contributed by atoms with E-state index in [2.05, 4.69) is 65.9 Å². The van der Waals surface area contributed by atoms with Crippen LogP contribution >= 0.6 is 0 Å². The van der Waals surface area contributed by atoms with Crippen molar-refractivity contribution in [3.05, 3.63) is 59.9 Å². The minimum Gasteiger partial charge on any atom is -0.370 e. The van der Waals surface area contributed by atoms with Crippen LogP contribution in [0.25, 0.3) is 0 Å². The second kappa shape index (κ2) is 8.17. The number of benzene rings is 1. The monoisotopic (exact) mass is 391 g/mol. The summed E-state index contributed by atoms with van der Waals surface area (Å²) in [5.74, 6) is 1.48. The quantitative estimate of drug-likeness (QED) is 0.733. The van der Waals surface area contributed by atoms with Crippen molar-refractivity contribution in [2.45, 2.75) is 51.9 Å². The number of pyridine rings is 1. The summed E-state index contributed by atoms with van der Waals surface area (Å²) < 4.78 is 0. The molecule has 154 valence electrons. The number of nitrogens with zero attached hydrogens (tertiary/aromatic N) is 3. The summed E-state index contributed by atoms with van der Waals surface area (Å²) in [6.07, 6.45) is 6.86. The lowest BCUT2D eigenvalue weighted by Crippen LogP contribution is -2.45.